The van der Waals surface area contributed by atoms with Crippen LogP contribution < -0.4 is 9.47 Å². The minimum Gasteiger partial charge on any atom is -0.492 e. The van der Waals surface area contributed by atoms with Crippen LogP contribution in [0.4, 0.5) is 4.79 Å². The highest BCUT2D eigenvalue weighted by Crippen LogP contribution is 2.13. The van der Waals surface area contributed by atoms with Crippen molar-refractivity contribution in [2.75, 3.05) is 39.3 Å². The van der Waals surface area contributed by atoms with Gasteiger partial charge in [0.25, 0.3) is 0 Å². The molecule has 5 heteroatoms. The number of para-hydroxylation sites is 1. The predicted molar refractivity (Wildman–Crippen MR) is 97.2 cm³/mol. The quantitative estimate of drug-likeness (QED) is 0.838. The fourth-order valence-electron chi connectivity index (χ4n) is 2.81. The van der Waals surface area contributed by atoms with Crippen LogP contribution in [0.2, 0.25) is 0 Å². The van der Waals surface area contributed by atoms with E-state index in [4.69, 9.17) is 9.47 Å². The fraction of sp³-hybridized carbons (Fsp3) is 0.350. The van der Waals surface area contributed by atoms with E-state index >= 15 is 0 Å². The number of nitrogens with zero attached hydrogens (tertiary/aromatic N) is 2. The largest absolute Gasteiger partial charge is 0.492 e. The van der Waals surface area contributed by atoms with E-state index in [1.165, 1.54) is 5.56 Å². The third-order valence-electron chi connectivity index (χ3n) is 4.24. The molecular formula is C20H24N2O3. The molecule has 5 nitrogen and oxygen atoms in total. The molecule has 2 aromatic rings. The van der Waals surface area contributed by atoms with Gasteiger partial charge in [-0.3, -0.25) is 4.90 Å². The molecule has 0 saturated carbocycles. The van der Waals surface area contributed by atoms with Gasteiger partial charge in [-0.2, -0.15) is 0 Å². The molecule has 1 aliphatic heterocycles. The van der Waals surface area contributed by atoms with E-state index in [1.807, 2.05) is 36.4 Å². The lowest BCUT2D eigenvalue weighted by Crippen LogP contribution is -2.50. The summed E-state index contributed by atoms with van der Waals surface area (Å²) >= 11 is 0. The number of hydrogen-bond donors (Lipinski definition) is 0. The molecule has 2 aromatic carbocycles. The first-order valence-electron chi connectivity index (χ1n) is 8.64. The molecular weight excluding hydrogens is 316 g/mol. The highest BCUT2D eigenvalue weighted by Gasteiger charge is 2.22. The summed E-state index contributed by atoms with van der Waals surface area (Å²) in [4.78, 5) is 16.2. The summed E-state index contributed by atoms with van der Waals surface area (Å²) in [6.07, 6.45) is -0.276. The monoisotopic (exact) mass is 340 g/mol. The van der Waals surface area contributed by atoms with E-state index in [0.29, 0.717) is 25.4 Å². The number of carbonyl (C=O) groups excluding carboxylic acids is 1. The lowest BCUT2D eigenvalue weighted by atomic mass is 10.2. The third kappa shape index (κ3) is 5.22. The van der Waals surface area contributed by atoms with Gasteiger partial charge in [-0.05, 0) is 36.8 Å². The van der Waals surface area contributed by atoms with Crippen LogP contribution in [0.25, 0.3) is 0 Å². The van der Waals surface area contributed by atoms with Gasteiger partial charge in [0.15, 0.2) is 0 Å². The molecule has 0 aromatic heterocycles. The molecule has 1 fully saturated rings. The van der Waals surface area contributed by atoms with Crippen molar-refractivity contribution in [3.05, 3.63) is 60.2 Å². The van der Waals surface area contributed by atoms with Crippen molar-refractivity contribution in [2.45, 2.75) is 6.92 Å². The van der Waals surface area contributed by atoms with E-state index in [-0.39, 0.29) is 6.09 Å². The number of hydrogen-bond acceptors (Lipinski definition) is 4. The van der Waals surface area contributed by atoms with Gasteiger partial charge in [0, 0.05) is 32.7 Å². The minimum absolute atomic E-state index is 0.276. The van der Waals surface area contributed by atoms with Crippen molar-refractivity contribution >= 4 is 6.09 Å². The van der Waals surface area contributed by atoms with Crippen LogP contribution in [-0.4, -0.2) is 55.2 Å². The van der Waals surface area contributed by atoms with Crippen LogP contribution in [0.1, 0.15) is 5.56 Å². The third-order valence-corrected chi connectivity index (χ3v) is 4.24. The summed E-state index contributed by atoms with van der Waals surface area (Å²) in [7, 11) is 0. The zero-order chi connectivity index (χ0) is 17.5. The molecule has 132 valence electrons. The van der Waals surface area contributed by atoms with Crippen LogP contribution in [0.5, 0.6) is 11.5 Å². The average molecular weight is 340 g/mol. The Hall–Kier alpha value is -2.53. The summed E-state index contributed by atoms with van der Waals surface area (Å²) in [6, 6.07) is 17.3. The molecule has 0 unspecified atom stereocenters. The summed E-state index contributed by atoms with van der Waals surface area (Å²) in [5, 5.41) is 0. The van der Waals surface area contributed by atoms with Gasteiger partial charge < -0.3 is 14.4 Å². The second-order valence-electron chi connectivity index (χ2n) is 6.17. The number of ether oxygens (including phenoxy) is 2. The Morgan fingerprint density at radius 1 is 0.960 bits per heavy atom. The second-order valence-corrected chi connectivity index (χ2v) is 6.17. The van der Waals surface area contributed by atoms with Crippen LogP contribution in [0.15, 0.2) is 54.6 Å². The minimum atomic E-state index is -0.276. The van der Waals surface area contributed by atoms with Crippen LogP contribution in [0.3, 0.4) is 0 Å². The molecule has 25 heavy (non-hydrogen) atoms. The highest BCUT2D eigenvalue weighted by atomic mass is 16.6. The average Bonchev–Trinajstić information content (AvgIpc) is 2.63. The van der Waals surface area contributed by atoms with E-state index in [9.17, 15) is 4.79 Å². The zero-order valence-corrected chi connectivity index (χ0v) is 14.6. The summed E-state index contributed by atoms with van der Waals surface area (Å²) < 4.78 is 11.2. The standard InChI is InChI=1S/C20H24N2O3/c1-17-6-5-9-19(16-17)24-15-14-21-10-12-22(13-11-21)20(23)25-18-7-3-2-4-8-18/h2-9,16H,10-15H2,1H3. The first kappa shape index (κ1) is 17.3. The second kappa shape index (κ2) is 8.53. The Labute approximate surface area is 148 Å². The van der Waals surface area contributed by atoms with Crippen molar-refractivity contribution in [1.82, 2.24) is 9.80 Å². The number of rotatable bonds is 5. The maximum atomic E-state index is 12.2. The Morgan fingerprint density at radius 3 is 2.40 bits per heavy atom. The molecule has 1 saturated heterocycles. The molecule has 1 amide bonds. The van der Waals surface area contributed by atoms with Gasteiger partial charge >= 0.3 is 6.09 Å². The Balaban J connectivity index is 1.37. The topological polar surface area (TPSA) is 42.0 Å². The fourth-order valence-corrected chi connectivity index (χ4v) is 2.81. The smallest absolute Gasteiger partial charge is 0.415 e. The van der Waals surface area contributed by atoms with Gasteiger partial charge in [-0.1, -0.05) is 30.3 Å². The van der Waals surface area contributed by atoms with E-state index in [1.54, 1.807) is 17.0 Å². The van der Waals surface area contributed by atoms with Gasteiger partial charge in [-0.15, -0.1) is 0 Å². The van der Waals surface area contributed by atoms with Gasteiger partial charge in [0.05, 0.1) is 0 Å². The number of piperazine rings is 1. The van der Waals surface area contributed by atoms with Crippen LogP contribution >= 0.6 is 0 Å². The zero-order valence-electron chi connectivity index (χ0n) is 14.6. The molecule has 0 bridgehead atoms. The maximum absolute atomic E-state index is 12.2. The molecule has 0 N–H and O–H groups in total. The van der Waals surface area contributed by atoms with E-state index in [2.05, 4.69) is 17.9 Å². The molecule has 1 heterocycles. The van der Waals surface area contributed by atoms with Crippen molar-refractivity contribution < 1.29 is 14.3 Å². The molecule has 0 atom stereocenters. The Bertz CT molecular complexity index is 682. The normalized spacial score (nSPS) is 15.0. The van der Waals surface area contributed by atoms with Crippen LogP contribution in [0, 0.1) is 6.92 Å². The summed E-state index contributed by atoms with van der Waals surface area (Å²) in [6.45, 7) is 6.59. The number of amides is 1. The molecule has 1 aliphatic rings. The number of benzene rings is 2. The first-order chi connectivity index (χ1) is 12.2. The van der Waals surface area contributed by atoms with Crippen molar-refractivity contribution in [3.63, 3.8) is 0 Å². The number of carbonyl (C=O) groups is 1. The van der Waals surface area contributed by atoms with Crippen LogP contribution in [-0.2, 0) is 0 Å². The Morgan fingerprint density at radius 2 is 1.68 bits per heavy atom. The first-order valence-corrected chi connectivity index (χ1v) is 8.64. The van der Waals surface area contributed by atoms with Gasteiger partial charge in [-0.25, -0.2) is 4.79 Å². The number of aryl methyl sites for hydroxylation is 1. The summed E-state index contributed by atoms with van der Waals surface area (Å²) in [5.41, 5.74) is 1.20. The predicted octanol–water partition coefficient (Wildman–Crippen LogP) is 3.19. The van der Waals surface area contributed by atoms with Gasteiger partial charge in [0.1, 0.15) is 18.1 Å². The lowest BCUT2D eigenvalue weighted by Gasteiger charge is -2.33. The van der Waals surface area contributed by atoms with Crippen molar-refractivity contribution in [1.29, 1.82) is 0 Å². The SMILES string of the molecule is Cc1cccc(OCCN2CCN(C(=O)Oc3ccccc3)CC2)c1. The molecule has 3 rings (SSSR count). The summed E-state index contributed by atoms with van der Waals surface area (Å²) in [5.74, 6) is 1.49. The van der Waals surface area contributed by atoms with E-state index < -0.39 is 0 Å². The van der Waals surface area contributed by atoms with Crippen molar-refractivity contribution in [3.8, 4) is 11.5 Å². The highest BCUT2D eigenvalue weighted by molar-refractivity contribution is 5.70. The molecule has 0 radical (unpaired) electrons. The van der Waals surface area contributed by atoms with Crippen molar-refractivity contribution in [2.24, 2.45) is 0 Å². The van der Waals surface area contributed by atoms with Gasteiger partial charge in [0.2, 0.25) is 0 Å². The lowest BCUT2D eigenvalue weighted by molar-refractivity contribution is 0.103. The van der Waals surface area contributed by atoms with E-state index in [0.717, 1.165) is 25.4 Å². The maximum Gasteiger partial charge on any atom is 0.415 e. The Kier molecular flexibility index (Phi) is 5.90. The molecule has 0 spiro atoms. The molecule has 0 aliphatic carbocycles.